The summed E-state index contributed by atoms with van der Waals surface area (Å²) < 4.78 is 5.89. The number of ether oxygens (including phenoxy) is 1. The summed E-state index contributed by atoms with van der Waals surface area (Å²) in [6.07, 6.45) is 14.6. The number of pyridine rings is 1. The Morgan fingerprint density at radius 2 is 1.84 bits per heavy atom. The van der Waals surface area contributed by atoms with E-state index in [2.05, 4.69) is 18.0 Å². The molecule has 140 valence electrons. The van der Waals surface area contributed by atoms with Crippen LogP contribution in [0, 0.1) is 0 Å². The van der Waals surface area contributed by atoms with Crippen molar-refractivity contribution in [1.29, 1.82) is 0 Å². The number of allylic oxidation sites excluding steroid dienone is 8. The Balaban J connectivity index is 0. The Labute approximate surface area is 155 Å². The molecule has 3 heteroatoms. The van der Waals surface area contributed by atoms with Gasteiger partial charge in [0.1, 0.15) is 11.5 Å². The molecule has 0 saturated carbocycles. The molecule has 0 radical (unpaired) electrons. The van der Waals surface area contributed by atoms with Crippen molar-refractivity contribution in [2.75, 3.05) is 5.73 Å². The van der Waals surface area contributed by atoms with Crippen LogP contribution in [0.5, 0.6) is 5.75 Å². The summed E-state index contributed by atoms with van der Waals surface area (Å²) in [7, 11) is 0. The van der Waals surface area contributed by atoms with Gasteiger partial charge in [0, 0.05) is 6.07 Å². The van der Waals surface area contributed by atoms with E-state index in [4.69, 9.17) is 10.5 Å². The maximum Gasteiger partial charge on any atom is 0.155 e. The molecule has 0 bridgehead atoms. The summed E-state index contributed by atoms with van der Waals surface area (Å²) in [6.45, 7) is 16.0. The van der Waals surface area contributed by atoms with Crippen LogP contribution in [0.4, 0.5) is 5.69 Å². The third-order valence-corrected chi connectivity index (χ3v) is 2.78. The quantitative estimate of drug-likeness (QED) is 0.449. The van der Waals surface area contributed by atoms with Crippen molar-refractivity contribution in [3.05, 3.63) is 60.2 Å². The van der Waals surface area contributed by atoms with Gasteiger partial charge in [-0.05, 0) is 38.8 Å². The minimum absolute atomic E-state index is 0.585. The highest BCUT2D eigenvalue weighted by molar-refractivity contribution is 5.76. The van der Waals surface area contributed by atoms with E-state index in [0.29, 0.717) is 11.4 Å². The molecule has 0 aliphatic heterocycles. The molecule has 0 saturated heterocycles. The second kappa shape index (κ2) is 16.6. The van der Waals surface area contributed by atoms with Gasteiger partial charge >= 0.3 is 0 Å². The second-order valence-corrected chi connectivity index (χ2v) is 4.58. The van der Waals surface area contributed by atoms with Crippen LogP contribution in [0.25, 0.3) is 5.57 Å². The highest BCUT2D eigenvalue weighted by atomic mass is 16.5. The SMILES string of the molecule is C/C=C\C(=C/C)c1ncc(N)cc1O/C(C)=C/C=C\CC.CC.CC. The number of hydrogen-bond donors (Lipinski definition) is 1. The zero-order valence-corrected chi connectivity index (χ0v) is 17.3. The monoisotopic (exact) mass is 344 g/mol. The highest BCUT2D eigenvalue weighted by Crippen LogP contribution is 2.28. The van der Waals surface area contributed by atoms with Crippen LogP contribution in [-0.4, -0.2) is 4.98 Å². The van der Waals surface area contributed by atoms with Crippen LogP contribution in [0.3, 0.4) is 0 Å². The van der Waals surface area contributed by atoms with Crippen molar-refractivity contribution in [3.8, 4) is 5.75 Å². The molecule has 0 fully saturated rings. The maximum atomic E-state index is 5.89. The lowest BCUT2D eigenvalue weighted by atomic mass is 10.1. The summed E-state index contributed by atoms with van der Waals surface area (Å²) in [5, 5.41) is 0. The lowest BCUT2D eigenvalue weighted by Crippen LogP contribution is -1.99. The zero-order chi connectivity index (χ0) is 19.7. The Morgan fingerprint density at radius 3 is 2.36 bits per heavy atom. The first-order valence-electron chi connectivity index (χ1n) is 9.18. The normalized spacial score (nSPS) is 11.7. The van der Waals surface area contributed by atoms with E-state index in [1.54, 1.807) is 12.3 Å². The molecule has 3 nitrogen and oxygen atoms in total. The van der Waals surface area contributed by atoms with E-state index < -0.39 is 0 Å². The molecule has 1 heterocycles. The summed E-state index contributed by atoms with van der Waals surface area (Å²) in [4.78, 5) is 4.40. The fraction of sp³-hybridized carbons (Fsp3) is 0.409. The first-order valence-corrected chi connectivity index (χ1v) is 9.18. The lowest BCUT2D eigenvalue weighted by molar-refractivity contribution is 0.425. The summed E-state index contributed by atoms with van der Waals surface area (Å²) >= 11 is 0. The molecule has 0 atom stereocenters. The van der Waals surface area contributed by atoms with Gasteiger partial charge in [-0.2, -0.15) is 0 Å². The van der Waals surface area contributed by atoms with E-state index in [1.807, 2.05) is 78.8 Å². The van der Waals surface area contributed by atoms with E-state index in [9.17, 15) is 0 Å². The predicted octanol–water partition coefficient (Wildman–Crippen LogP) is 6.94. The van der Waals surface area contributed by atoms with Crippen molar-refractivity contribution in [3.63, 3.8) is 0 Å². The van der Waals surface area contributed by atoms with E-state index in [1.165, 1.54) is 0 Å². The number of anilines is 1. The number of nitrogens with two attached hydrogens (primary N) is 1. The number of nitrogens with zero attached hydrogens (tertiary/aromatic N) is 1. The summed E-state index contributed by atoms with van der Waals surface area (Å²) in [6, 6.07) is 1.80. The van der Waals surface area contributed by atoms with Crippen LogP contribution in [0.15, 0.2) is 54.5 Å². The van der Waals surface area contributed by atoms with Gasteiger partial charge in [0.2, 0.25) is 0 Å². The standard InChI is InChI=1S/C18H24N2O.2C2H6/c1-5-8-9-11-14(4)21-17-12-16(19)13-20-18(17)15(7-3)10-6-2;2*1-2/h6-13H,5,19H2,1-4H3;2*1-2H3/b9-8-,10-6-,14-11+,15-7+;;. The van der Waals surface area contributed by atoms with Crippen LogP contribution in [-0.2, 0) is 0 Å². The molecular formula is C22H36N2O. The summed E-state index contributed by atoms with van der Waals surface area (Å²) in [5.41, 5.74) is 8.20. The van der Waals surface area contributed by atoms with E-state index >= 15 is 0 Å². The number of nitrogen functional groups attached to an aromatic ring is 1. The van der Waals surface area contributed by atoms with E-state index in [-0.39, 0.29) is 0 Å². The average Bonchev–Trinajstić information content (AvgIpc) is 2.64. The van der Waals surface area contributed by atoms with Gasteiger partial charge in [0.25, 0.3) is 0 Å². The highest BCUT2D eigenvalue weighted by Gasteiger charge is 2.09. The Bertz CT molecular complexity index is 582. The fourth-order valence-electron chi connectivity index (χ4n) is 1.79. The van der Waals surface area contributed by atoms with Crippen molar-refractivity contribution in [2.24, 2.45) is 0 Å². The first kappa shape index (κ1) is 25.0. The first-order chi connectivity index (χ1) is 12.1. The minimum atomic E-state index is 0.585. The third kappa shape index (κ3) is 10.2. The Hall–Kier alpha value is -2.29. The van der Waals surface area contributed by atoms with Gasteiger partial charge in [0.15, 0.2) is 5.75 Å². The predicted molar refractivity (Wildman–Crippen MR) is 114 cm³/mol. The van der Waals surface area contributed by atoms with Crippen molar-refractivity contribution >= 4 is 11.3 Å². The van der Waals surface area contributed by atoms with Gasteiger partial charge in [-0.25, -0.2) is 0 Å². The Kier molecular flexibility index (Phi) is 16.5. The van der Waals surface area contributed by atoms with Crippen molar-refractivity contribution < 1.29 is 4.74 Å². The molecule has 1 aromatic rings. The van der Waals surface area contributed by atoms with Crippen molar-refractivity contribution in [1.82, 2.24) is 4.98 Å². The van der Waals surface area contributed by atoms with Crippen LogP contribution >= 0.6 is 0 Å². The average molecular weight is 345 g/mol. The third-order valence-electron chi connectivity index (χ3n) is 2.78. The number of hydrogen-bond acceptors (Lipinski definition) is 3. The number of aromatic nitrogens is 1. The molecule has 0 spiro atoms. The largest absolute Gasteiger partial charge is 0.460 e. The molecule has 1 rings (SSSR count). The fourth-order valence-corrected chi connectivity index (χ4v) is 1.79. The Morgan fingerprint density at radius 1 is 1.20 bits per heavy atom. The van der Waals surface area contributed by atoms with Crippen LogP contribution in [0.1, 0.15) is 67.5 Å². The molecule has 25 heavy (non-hydrogen) atoms. The van der Waals surface area contributed by atoms with Gasteiger partial charge in [-0.3, -0.25) is 4.98 Å². The molecule has 0 aliphatic rings. The minimum Gasteiger partial charge on any atom is -0.460 e. The molecular weight excluding hydrogens is 308 g/mol. The maximum absolute atomic E-state index is 5.89. The van der Waals surface area contributed by atoms with Gasteiger partial charge in [0.05, 0.1) is 11.9 Å². The topological polar surface area (TPSA) is 48.1 Å². The van der Waals surface area contributed by atoms with Gasteiger partial charge in [-0.1, -0.05) is 65.0 Å². The van der Waals surface area contributed by atoms with E-state index in [0.717, 1.165) is 23.4 Å². The summed E-state index contributed by atoms with van der Waals surface area (Å²) in [5.74, 6) is 1.46. The molecule has 0 aromatic carbocycles. The van der Waals surface area contributed by atoms with Gasteiger partial charge in [-0.15, -0.1) is 0 Å². The van der Waals surface area contributed by atoms with Gasteiger partial charge < -0.3 is 10.5 Å². The molecule has 0 aliphatic carbocycles. The lowest BCUT2D eigenvalue weighted by Gasteiger charge is -2.12. The smallest absolute Gasteiger partial charge is 0.155 e. The van der Waals surface area contributed by atoms with Crippen molar-refractivity contribution in [2.45, 2.75) is 61.8 Å². The number of rotatable bonds is 6. The molecule has 0 unspecified atom stereocenters. The molecule has 0 amide bonds. The molecule has 1 aromatic heterocycles. The van der Waals surface area contributed by atoms with Crippen LogP contribution in [0.2, 0.25) is 0 Å². The molecule has 2 N–H and O–H groups in total. The van der Waals surface area contributed by atoms with Crippen LogP contribution < -0.4 is 10.5 Å². The second-order valence-electron chi connectivity index (χ2n) is 4.58. The zero-order valence-electron chi connectivity index (χ0n) is 17.3.